The number of fused-ring (bicyclic) bond motifs is 6. The van der Waals surface area contributed by atoms with Gasteiger partial charge >= 0.3 is 0 Å². The van der Waals surface area contributed by atoms with Gasteiger partial charge in [-0.15, -0.1) is 0 Å². The Morgan fingerprint density at radius 3 is 0.631 bits per heavy atom. The average molecular weight is 1610 g/mol. The second kappa shape index (κ2) is 31.5. The largest absolute Gasteiger partial charge is 0.497 e. The van der Waals surface area contributed by atoms with Gasteiger partial charge in [0.1, 0.15) is 23.1 Å². The first-order valence-electron chi connectivity index (χ1n) is 43.6. The molecule has 0 radical (unpaired) electrons. The average Bonchev–Trinajstić information content (AvgIpc) is 0.702. The van der Waals surface area contributed by atoms with E-state index in [0.717, 1.165) is 99.5 Å². The smallest absolute Gasteiger partial charge is 0.123 e. The van der Waals surface area contributed by atoms with Crippen molar-refractivity contribution in [3.05, 3.63) is 323 Å². The maximum absolute atomic E-state index is 15.0. The molecular weight excluding hydrogens is 1490 g/mol. The molecule has 0 heterocycles. The third-order valence-electron chi connectivity index (χ3n) is 25.3. The molecule has 16 aromatic carbocycles. The molecule has 0 N–H and O–H groups in total. The zero-order valence-electron chi connectivity index (χ0n) is 77.0. The molecule has 16 rings (SSSR count). The number of rotatable bonds is 10. The molecule has 0 fully saturated rings. The zero-order valence-corrected chi connectivity index (χ0v) is 77.0. The summed E-state index contributed by atoms with van der Waals surface area (Å²) in [5.41, 5.74) is 27.9. The van der Waals surface area contributed by atoms with E-state index < -0.39 is 0 Å². The first kappa shape index (κ1) is 85.5. The first-order valence-corrected chi connectivity index (χ1v) is 43.6. The van der Waals surface area contributed by atoms with Crippen LogP contribution in [-0.4, -0.2) is 14.2 Å². The van der Waals surface area contributed by atoms with Crippen LogP contribution in [0.15, 0.2) is 267 Å². The lowest BCUT2D eigenvalue weighted by Gasteiger charge is -2.28. The summed E-state index contributed by atoms with van der Waals surface area (Å²) in [5, 5.41) is 14.0. The van der Waals surface area contributed by atoms with Gasteiger partial charge in [-0.2, -0.15) is 0 Å². The minimum Gasteiger partial charge on any atom is -0.497 e. The molecule has 0 saturated heterocycles. The van der Waals surface area contributed by atoms with Gasteiger partial charge in [-0.25, -0.2) is 8.78 Å². The van der Waals surface area contributed by atoms with Gasteiger partial charge in [0.15, 0.2) is 0 Å². The minimum atomic E-state index is -0.275. The standard InChI is InChI=1S/C60H64O2.C58H58F2/c1-57(2,3)42-23-15-37(16-24-42)49-35-45(60(10,11)12)36-51-54(40-21-30-47(62-14)31-22-40)56-50(53(55(49)51)39-19-28-46(61-13)29-20-39)34-41-33-44(59(7,8)9)27-32-48(41)52(56)38-17-25-43(26-18-38)58(4,5)6;1-55(2,3)40-21-13-35(14-22-40)47-33-43(58(10,11)12)34-49-52(38-19-28-45(60)29-20-38)54-48(51(53(47)49)37-17-26-44(59)27-18-37)32-39-31-42(57(7,8)9)25-30-46(39)50(54)36-15-23-41(24-16-36)56(4,5)6/h15-36H,1-14H3;13-34H,1-12H3. The lowest BCUT2D eigenvalue weighted by atomic mass is 9.76. The fraction of sp³-hybridized carbons (Fsp3) is 0.288. The number of benzene rings is 16. The fourth-order valence-corrected chi connectivity index (χ4v) is 17.9. The molecule has 0 aromatic heterocycles. The van der Waals surface area contributed by atoms with Gasteiger partial charge in [0, 0.05) is 0 Å². The lowest BCUT2D eigenvalue weighted by Crippen LogP contribution is -2.12. The van der Waals surface area contributed by atoms with Gasteiger partial charge in [-0.05, 0) is 326 Å². The Labute approximate surface area is 725 Å². The summed E-state index contributed by atoms with van der Waals surface area (Å²) in [4.78, 5) is 0. The maximum Gasteiger partial charge on any atom is 0.123 e. The Bertz CT molecular complexity index is 6660. The van der Waals surface area contributed by atoms with Crippen LogP contribution in [0.25, 0.3) is 154 Å². The second-order valence-electron chi connectivity index (χ2n) is 42.4. The summed E-state index contributed by atoms with van der Waals surface area (Å²) in [7, 11) is 3.49. The number of hydrogen-bond acceptors (Lipinski definition) is 2. The predicted octanol–water partition coefficient (Wildman–Crippen LogP) is 34.3. The van der Waals surface area contributed by atoms with E-state index in [1.54, 1.807) is 38.5 Å². The van der Waals surface area contributed by atoms with Crippen molar-refractivity contribution in [3.63, 3.8) is 0 Å². The molecule has 0 unspecified atom stereocenters. The molecule has 0 aliphatic rings. The number of hydrogen-bond donors (Lipinski definition) is 0. The van der Waals surface area contributed by atoms with Crippen molar-refractivity contribution in [1.29, 1.82) is 0 Å². The van der Waals surface area contributed by atoms with E-state index in [0.29, 0.717) is 0 Å². The van der Waals surface area contributed by atoms with E-state index in [-0.39, 0.29) is 55.0 Å². The van der Waals surface area contributed by atoms with Crippen LogP contribution in [0.1, 0.15) is 211 Å². The van der Waals surface area contributed by atoms with Gasteiger partial charge in [-0.1, -0.05) is 348 Å². The molecule has 0 bridgehead atoms. The Kier molecular flexibility index (Phi) is 22.1. The van der Waals surface area contributed by atoms with E-state index in [1.165, 1.54) is 110 Å². The van der Waals surface area contributed by atoms with Crippen molar-refractivity contribution in [2.75, 3.05) is 14.2 Å². The molecule has 620 valence electrons. The molecule has 0 atom stereocenters. The van der Waals surface area contributed by atoms with Crippen molar-refractivity contribution in [2.24, 2.45) is 0 Å². The topological polar surface area (TPSA) is 18.5 Å². The highest BCUT2D eigenvalue weighted by molar-refractivity contribution is 6.33. The highest BCUT2D eigenvalue weighted by Crippen LogP contribution is 2.57. The predicted molar refractivity (Wildman–Crippen MR) is 524 cm³/mol. The fourth-order valence-electron chi connectivity index (χ4n) is 17.9. The van der Waals surface area contributed by atoms with Crippen LogP contribution < -0.4 is 9.47 Å². The van der Waals surface area contributed by atoms with Crippen molar-refractivity contribution in [3.8, 4) is 101 Å². The molecule has 0 aliphatic carbocycles. The SMILES string of the molecule is CC(C)(C)c1ccc(-c2cc(C(C)(C)C)cc3c(-c4ccc(F)cc4)c4c(-c5ccc(C(C)(C)C)cc5)c5ccc(C(C)(C)C)cc5cc4c(-c4ccc(F)cc4)c23)cc1.COc1ccc(-c2c3cc4cc(C(C)(C)C)ccc4c(-c4ccc(C(C)(C)C)cc4)c3c(-c3ccc(OC)cc3)c3cc(C(C)(C)C)cc(-c4ccc(C(C)(C)C)cc4)c23)cc1. The van der Waals surface area contributed by atoms with Gasteiger partial charge in [-0.3, -0.25) is 0 Å². The molecule has 0 amide bonds. The summed E-state index contributed by atoms with van der Waals surface area (Å²) in [6, 6.07) is 96.9. The summed E-state index contributed by atoms with van der Waals surface area (Å²) < 4.78 is 41.4. The summed E-state index contributed by atoms with van der Waals surface area (Å²) >= 11 is 0. The van der Waals surface area contributed by atoms with E-state index >= 15 is 0 Å². The minimum absolute atomic E-state index is 0.00642. The molecular formula is C118H122F2O2. The van der Waals surface area contributed by atoms with Crippen molar-refractivity contribution in [2.45, 2.75) is 209 Å². The van der Waals surface area contributed by atoms with Crippen LogP contribution in [0.2, 0.25) is 0 Å². The van der Waals surface area contributed by atoms with Crippen molar-refractivity contribution in [1.82, 2.24) is 0 Å². The Morgan fingerprint density at radius 1 is 0.180 bits per heavy atom. The molecule has 16 aromatic rings. The third kappa shape index (κ3) is 16.7. The van der Waals surface area contributed by atoms with Crippen LogP contribution in [0.4, 0.5) is 8.78 Å². The van der Waals surface area contributed by atoms with Gasteiger partial charge < -0.3 is 9.47 Å². The van der Waals surface area contributed by atoms with E-state index in [9.17, 15) is 8.78 Å². The van der Waals surface area contributed by atoms with E-state index in [1.807, 2.05) is 24.3 Å². The van der Waals surface area contributed by atoms with Crippen LogP contribution in [-0.2, 0) is 43.3 Å². The molecule has 122 heavy (non-hydrogen) atoms. The van der Waals surface area contributed by atoms with Crippen LogP contribution in [0, 0.1) is 11.6 Å². The maximum atomic E-state index is 15.0. The molecule has 2 nitrogen and oxygen atoms in total. The molecule has 0 aliphatic heterocycles. The second-order valence-corrected chi connectivity index (χ2v) is 42.4. The summed E-state index contributed by atoms with van der Waals surface area (Å²) in [6.07, 6.45) is 0. The van der Waals surface area contributed by atoms with Gasteiger partial charge in [0.25, 0.3) is 0 Å². The highest BCUT2D eigenvalue weighted by Gasteiger charge is 2.32. The van der Waals surface area contributed by atoms with Gasteiger partial charge in [0.05, 0.1) is 14.2 Å². The first-order chi connectivity index (χ1) is 57.3. The highest BCUT2D eigenvalue weighted by atomic mass is 19.1. The molecule has 0 spiro atoms. The number of halogens is 2. The quantitative estimate of drug-likeness (QED) is 0.127. The summed E-state index contributed by atoms with van der Waals surface area (Å²) in [6.45, 7) is 54.7. The lowest BCUT2D eigenvalue weighted by molar-refractivity contribution is 0.415. The normalized spacial score (nSPS) is 12.8. The Hall–Kier alpha value is -11.5. The monoisotopic (exact) mass is 1610 g/mol. The number of ether oxygens (including phenoxy) is 2. The van der Waals surface area contributed by atoms with E-state index in [4.69, 9.17) is 9.47 Å². The van der Waals surface area contributed by atoms with Crippen LogP contribution in [0.5, 0.6) is 11.5 Å². The van der Waals surface area contributed by atoms with Crippen molar-refractivity contribution < 1.29 is 18.3 Å². The van der Waals surface area contributed by atoms with Crippen LogP contribution in [0.3, 0.4) is 0 Å². The summed E-state index contributed by atoms with van der Waals surface area (Å²) in [5.74, 6) is 1.13. The van der Waals surface area contributed by atoms with Gasteiger partial charge in [0.2, 0.25) is 0 Å². The van der Waals surface area contributed by atoms with Crippen LogP contribution >= 0.6 is 0 Å². The molecule has 4 heteroatoms. The van der Waals surface area contributed by atoms with E-state index in [2.05, 4.69) is 385 Å². The number of methoxy groups -OCH3 is 2. The van der Waals surface area contributed by atoms with Crippen molar-refractivity contribution >= 4 is 64.6 Å². The molecule has 0 saturated carbocycles. The zero-order chi connectivity index (χ0) is 87.6. The Morgan fingerprint density at radius 2 is 0.385 bits per heavy atom. The third-order valence-corrected chi connectivity index (χ3v) is 25.3. The Balaban J connectivity index is 0.000000190.